The smallest absolute Gasteiger partial charge is 0.119 e. The highest BCUT2D eigenvalue weighted by molar-refractivity contribution is 6.42. The van der Waals surface area contributed by atoms with Crippen LogP contribution in [0.2, 0.25) is 10.0 Å². The van der Waals surface area contributed by atoms with Crippen molar-refractivity contribution in [3.05, 3.63) is 52.5 Å². The predicted octanol–water partition coefficient (Wildman–Crippen LogP) is 4.49. The number of benzene rings is 2. The summed E-state index contributed by atoms with van der Waals surface area (Å²) in [5, 5.41) is 4.30. The zero-order valence-corrected chi connectivity index (χ0v) is 12.5. The average Bonchev–Trinajstić information content (AvgIpc) is 2.48. The lowest BCUT2D eigenvalue weighted by atomic mass is 10.3. The summed E-state index contributed by atoms with van der Waals surface area (Å²) in [5.41, 5.74) is 0.915. The van der Waals surface area contributed by atoms with Crippen molar-refractivity contribution in [1.29, 1.82) is 0 Å². The van der Waals surface area contributed by atoms with E-state index in [2.05, 4.69) is 5.32 Å². The van der Waals surface area contributed by atoms with Crippen molar-refractivity contribution >= 4 is 28.9 Å². The second kappa shape index (κ2) is 7.27. The maximum absolute atomic E-state index is 5.94. The molecular formula is C15H15Cl2NO2. The zero-order chi connectivity index (χ0) is 14.4. The van der Waals surface area contributed by atoms with Gasteiger partial charge in [0, 0.05) is 12.2 Å². The Labute approximate surface area is 128 Å². The molecule has 5 heteroatoms. The molecule has 3 nitrogen and oxygen atoms in total. The molecule has 2 rings (SSSR count). The molecule has 0 aliphatic rings. The van der Waals surface area contributed by atoms with Crippen molar-refractivity contribution in [2.24, 2.45) is 0 Å². The Morgan fingerprint density at radius 3 is 2.30 bits per heavy atom. The van der Waals surface area contributed by atoms with Gasteiger partial charge in [-0.05, 0) is 42.5 Å². The molecule has 0 aliphatic carbocycles. The first-order valence-corrected chi connectivity index (χ1v) is 6.90. The standard InChI is InChI=1S/C15H15Cl2NO2/c1-19-12-3-5-13(6-4-12)20-9-8-18-11-2-7-14(16)15(17)10-11/h2-7,10,18H,8-9H2,1H3. The van der Waals surface area contributed by atoms with Gasteiger partial charge in [-0.25, -0.2) is 0 Å². The molecule has 2 aromatic rings. The molecule has 0 unspecified atom stereocenters. The summed E-state index contributed by atoms with van der Waals surface area (Å²) in [6, 6.07) is 12.9. The number of hydrogen-bond donors (Lipinski definition) is 1. The first kappa shape index (κ1) is 14.8. The fourth-order valence-corrected chi connectivity index (χ4v) is 1.94. The Morgan fingerprint density at radius 2 is 1.65 bits per heavy atom. The molecule has 0 heterocycles. The summed E-state index contributed by atoms with van der Waals surface area (Å²) in [4.78, 5) is 0. The summed E-state index contributed by atoms with van der Waals surface area (Å²) in [7, 11) is 1.64. The third kappa shape index (κ3) is 4.22. The van der Waals surface area contributed by atoms with Crippen LogP contribution in [0, 0.1) is 0 Å². The lowest BCUT2D eigenvalue weighted by Crippen LogP contribution is -2.11. The van der Waals surface area contributed by atoms with E-state index in [4.69, 9.17) is 32.7 Å². The van der Waals surface area contributed by atoms with E-state index in [1.54, 1.807) is 19.2 Å². The van der Waals surface area contributed by atoms with Crippen molar-refractivity contribution in [3.8, 4) is 11.5 Å². The number of halogens is 2. The highest BCUT2D eigenvalue weighted by atomic mass is 35.5. The Balaban J connectivity index is 1.76. The first-order chi connectivity index (χ1) is 9.69. The van der Waals surface area contributed by atoms with Crippen LogP contribution in [0.3, 0.4) is 0 Å². The SMILES string of the molecule is COc1ccc(OCCNc2ccc(Cl)c(Cl)c2)cc1. The molecule has 2 aromatic carbocycles. The van der Waals surface area contributed by atoms with Crippen LogP contribution in [0.5, 0.6) is 11.5 Å². The Hall–Kier alpha value is -1.58. The maximum atomic E-state index is 5.94. The summed E-state index contributed by atoms with van der Waals surface area (Å²) in [6.45, 7) is 1.22. The minimum atomic E-state index is 0.535. The van der Waals surface area contributed by atoms with Gasteiger partial charge >= 0.3 is 0 Å². The minimum Gasteiger partial charge on any atom is -0.497 e. The van der Waals surface area contributed by atoms with E-state index in [9.17, 15) is 0 Å². The molecule has 0 saturated carbocycles. The van der Waals surface area contributed by atoms with Crippen LogP contribution in [-0.4, -0.2) is 20.3 Å². The highest BCUT2D eigenvalue weighted by Crippen LogP contribution is 2.24. The van der Waals surface area contributed by atoms with Gasteiger partial charge in [0.2, 0.25) is 0 Å². The molecular weight excluding hydrogens is 297 g/mol. The van der Waals surface area contributed by atoms with E-state index in [0.717, 1.165) is 17.2 Å². The fourth-order valence-electron chi connectivity index (χ4n) is 1.64. The van der Waals surface area contributed by atoms with E-state index in [-0.39, 0.29) is 0 Å². The average molecular weight is 312 g/mol. The van der Waals surface area contributed by atoms with Gasteiger partial charge in [-0.1, -0.05) is 23.2 Å². The van der Waals surface area contributed by atoms with Crippen molar-refractivity contribution in [2.45, 2.75) is 0 Å². The predicted molar refractivity (Wildman–Crippen MR) is 83.4 cm³/mol. The molecule has 0 aromatic heterocycles. The monoisotopic (exact) mass is 311 g/mol. The quantitative estimate of drug-likeness (QED) is 0.797. The van der Waals surface area contributed by atoms with Crippen molar-refractivity contribution in [2.75, 3.05) is 25.6 Å². The van der Waals surface area contributed by atoms with E-state index >= 15 is 0 Å². The van der Waals surface area contributed by atoms with Crippen LogP contribution in [0.25, 0.3) is 0 Å². The first-order valence-electron chi connectivity index (χ1n) is 6.15. The van der Waals surface area contributed by atoms with Crippen molar-refractivity contribution in [3.63, 3.8) is 0 Å². The molecule has 0 saturated heterocycles. The molecule has 0 amide bonds. The van der Waals surface area contributed by atoms with Gasteiger partial charge in [0.15, 0.2) is 0 Å². The topological polar surface area (TPSA) is 30.5 Å². The van der Waals surface area contributed by atoms with Crippen LogP contribution in [0.4, 0.5) is 5.69 Å². The molecule has 0 radical (unpaired) electrons. The van der Waals surface area contributed by atoms with Crippen LogP contribution < -0.4 is 14.8 Å². The highest BCUT2D eigenvalue weighted by Gasteiger charge is 1.99. The summed E-state index contributed by atoms with van der Waals surface area (Å²) in [5.74, 6) is 1.62. The van der Waals surface area contributed by atoms with E-state index in [1.165, 1.54) is 0 Å². The lowest BCUT2D eigenvalue weighted by Gasteiger charge is -2.09. The van der Waals surface area contributed by atoms with E-state index in [0.29, 0.717) is 23.2 Å². The van der Waals surface area contributed by atoms with Gasteiger partial charge in [0.1, 0.15) is 18.1 Å². The van der Waals surface area contributed by atoms with Gasteiger partial charge in [-0.3, -0.25) is 0 Å². The second-order valence-corrected chi connectivity index (χ2v) is 4.89. The van der Waals surface area contributed by atoms with Gasteiger partial charge in [0.25, 0.3) is 0 Å². The number of methoxy groups -OCH3 is 1. The number of hydrogen-bond acceptors (Lipinski definition) is 3. The molecule has 106 valence electrons. The molecule has 0 aliphatic heterocycles. The molecule has 0 spiro atoms. The van der Waals surface area contributed by atoms with Gasteiger partial charge < -0.3 is 14.8 Å². The lowest BCUT2D eigenvalue weighted by molar-refractivity contribution is 0.332. The molecule has 0 atom stereocenters. The Morgan fingerprint density at radius 1 is 0.950 bits per heavy atom. The molecule has 0 bridgehead atoms. The largest absolute Gasteiger partial charge is 0.497 e. The van der Waals surface area contributed by atoms with Crippen molar-refractivity contribution < 1.29 is 9.47 Å². The van der Waals surface area contributed by atoms with Crippen LogP contribution >= 0.6 is 23.2 Å². The Bertz CT molecular complexity index is 558. The van der Waals surface area contributed by atoms with Crippen molar-refractivity contribution in [1.82, 2.24) is 0 Å². The van der Waals surface area contributed by atoms with Gasteiger partial charge in [-0.2, -0.15) is 0 Å². The van der Waals surface area contributed by atoms with Gasteiger partial charge in [-0.15, -0.1) is 0 Å². The minimum absolute atomic E-state index is 0.535. The summed E-state index contributed by atoms with van der Waals surface area (Å²) in [6.07, 6.45) is 0. The zero-order valence-electron chi connectivity index (χ0n) is 11.0. The van der Waals surface area contributed by atoms with Gasteiger partial charge in [0.05, 0.1) is 17.2 Å². The van der Waals surface area contributed by atoms with E-state index in [1.807, 2.05) is 30.3 Å². The fraction of sp³-hybridized carbons (Fsp3) is 0.200. The Kier molecular flexibility index (Phi) is 5.39. The number of nitrogens with one attached hydrogen (secondary N) is 1. The molecule has 20 heavy (non-hydrogen) atoms. The number of rotatable bonds is 6. The summed E-state index contributed by atoms with van der Waals surface area (Å²) >= 11 is 11.8. The third-order valence-electron chi connectivity index (χ3n) is 2.68. The maximum Gasteiger partial charge on any atom is 0.119 e. The van der Waals surface area contributed by atoms with Crippen LogP contribution in [0.1, 0.15) is 0 Å². The van der Waals surface area contributed by atoms with Crippen LogP contribution in [0.15, 0.2) is 42.5 Å². The second-order valence-electron chi connectivity index (χ2n) is 4.08. The summed E-state index contributed by atoms with van der Waals surface area (Å²) < 4.78 is 10.7. The van der Waals surface area contributed by atoms with E-state index < -0.39 is 0 Å². The molecule has 1 N–H and O–H groups in total. The number of ether oxygens (including phenoxy) is 2. The third-order valence-corrected chi connectivity index (χ3v) is 3.42. The van der Waals surface area contributed by atoms with Crippen LogP contribution in [-0.2, 0) is 0 Å². The molecule has 0 fully saturated rings. The number of anilines is 1. The normalized spacial score (nSPS) is 10.2.